The standard InChI is InChI=1S/C24H16ClN3O3/c25-18-12-6-4-8-15(18)14-27-19-13-7-5-11-17(19)20(23(27)30)21-22(29)26-28(24(21)31)16-9-2-1-3-10-16/h1-13H,14H2,(H,26,29)/b21-20+. The molecule has 5 rings (SSSR count). The highest BCUT2D eigenvalue weighted by molar-refractivity contribution is 6.45. The molecule has 31 heavy (non-hydrogen) atoms. The average molecular weight is 430 g/mol. The SMILES string of the molecule is O=C1NN(c2ccccc2)C(=O)/C1=C1/C(=O)N(Cc2ccccc2Cl)c2ccccc21. The first-order chi connectivity index (χ1) is 15.1. The number of para-hydroxylation sites is 2. The molecule has 1 saturated heterocycles. The van der Waals surface area contributed by atoms with Crippen LogP contribution in [-0.2, 0) is 20.9 Å². The van der Waals surface area contributed by atoms with E-state index in [-0.39, 0.29) is 17.7 Å². The van der Waals surface area contributed by atoms with Gasteiger partial charge in [-0.1, -0.05) is 66.2 Å². The summed E-state index contributed by atoms with van der Waals surface area (Å²) < 4.78 is 0. The molecule has 1 N–H and O–H groups in total. The fraction of sp³-hybridized carbons (Fsp3) is 0.0417. The third kappa shape index (κ3) is 3.08. The Hall–Kier alpha value is -3.90. The summed E-state index contributed by atoms with van der Waals surface area (Å²) in [5.74, 6) is -1.57. The van der Waals surface area contributed by atoms with Gasteiger partial charge in [0.1, 0.15) is 5.57 Å². The molecule has 0 unspecified atom stereocenters. The second kappa shape index (κ2) is 7.41. The number of nitrogens with zero attached hydrogens (tertiary/aromatic N) is 2. The van der Waals surface area contributed by atoms with Crippen molar-refractivity contribution in [3.05, 3.63) is 101 Å². The van der Waals surface area contributed by atoms with E-state index in [0.717, 1.165) is 10.6 Å². The number of hydrogen-bond acceptors (Lipinski definition) is 3. The molecule has 0 radical (unpaired) electrons. The van der Waals surface area contributed by atoms with Crippen molar-refractivity contribution in [3.8, 4) is 0 Å². The van der Waals surface area contributed by atoms with E-state index in [9.17, 15) is 14.4 Å². The fourth-order valence-corrected chi connectivity index (χ4v) is 4.07. The molecule has 2 aliphatic rings. The van der Waals surface area contributed by atoms with Crippen LogP contribution in [0.3, 0.4) is 0 Å². The molecule has 152 valence electrons. The van der Waals surface area contributed by atoms with Crippen molar-refractivity contribution in [1.29, 1.82) is 0 Å². The summed E-state index contributed by atoms with van der Waals surface area (Å²) in [5.41, 5.74) is 4.97. The van der Waals surface area contributed by atoms with E-state index in [1.165, 1.54) is 0 Å². The summed E-state index contributed by atoms with van der Waals surface area (Å²) in [4.78, 5) is 41.0. The van der Waals surface area contributed by atoms with Gasteiger partial charge in [0, 0.05) is 10.6 Å². The van der Waals surface area contributed by atoms with Gasteiger partial charge in [-0.2, -0.15) is 0 Å². The predicted octanol–water partition coefficient (Wildman–Crippen LogP) is 3.72. The molecule has 3 aromatic carbocycles. The van der Waals surface area contributed by atoms with Crippen molar-refractivity contribution < 1.29 is 14.4 Å². The second-order valence-corrected chi connectivity index (χ2v) is 7.57. The van der Waals surface area contributed by atoms with Crippen molar-refractivity contribution >= 4 is 46.3 Å². The minimum Gasteiger partial charge on any atom is -0.303 e. The van der Waals surface area contributed by atoms with Crippen LogP contribution >= 0.6 is 11.6 Å². The Labute approximate surface area is 183 Å². The van der Waals surface area contributed by atoms with Gasteiger partial charge < -0.3 is 4.90 Å². The van der Waals surface area contributed by atoms with Gasteiger partial charge in [0.25, 0.3) is 17.7 Å². The van der Waals surface area contributed by atoms with E-state index in [1.54, 1.807) is 53.4 Å². The number of hydrazine groups is 1. The lowest BCUT2D eigenvalue weighted by Gasteiger charge is -2.18. The fourth-order valence-electron chi connectivity index (χ4n) is 3.87. The summed E-state index contributed by atoms with van der Waals surface area (Å²) in [5, 5.41) is 1.70. The number of halogens is 1. The van der Waals surface area contributed by atoms with Crippen LogP contribution in [0.2, 0.25) is 5.02 Å². The Bertz CT molecular complexity index is 1270. The highest BCUT2D eigenvalue weighted by atomic mass is 35.5. The monoisotopic (exact) mass is 429 g/mol. The van der Waals surface area contributed by atoms with E-state index >= 15 is 0 Å². The number of hydrogen-bond donors (Lipinski definition) is 1. The maximum absolute atomic E-state index is 13.5. The Kier molecular flexibility index (Phi) is 4.56. The Morgan fingerprint density at radius 2 is 1.42 bits per heavy atom. The van der Waals surface area contributed by atoms with Crippen LogP contribution in [0.5, 0.6) is 0 Å². The maximum atomic E-state index is 13.5. The van der Waals surface area contributed by atoms with Crippen molar-refractivity contribution in [2.24, 2.45) is 0 Å². The van der Waals surface area contributed by atoms with Crippen LogP contribution in [-0.4, -0.2) is 17.7 Å². The number of anilines is 2. The van der Waals surface area contributed by atoms with Crippen LogP contribution in [0.15, 0.2) is 84.4 Å². The number of rotatable bonds is 3. The zero-order valence-electron chi connectivity index (χ0n) is 16.2. The van der Waals surface area contributed by atoms with Crippen molar-refractivity contribution in [1.82, 2.24) is 5.43 Å². The van der Waals surface area contributed by atoms with E-state index in [0.29, 0.717) is 22.0 Å². The van der Waals surface area contributed by atoms with Gasteiger partial charge in [0.15, 0.2) is 0 Å². The van der Waals surface area contributed by atoms with Gasteiger partial charge in [-0.15, -0.1) is 0 Å². The second-order valence-electron chi connectivity index (χ2n) is 7.17. The topological polar surface area (TPSA) is 69.7 Å². The largest absolute Gasteiger partial charge is 0.303 e. The quantitative estimate of drug-likeness (QED) is 0.509. The lowest BCUT2D eigenvalue weighted by molar-refractivity contribution is -0.118. The molecule has 0 saturated carbocycles. The van der Waals surface area contributed by atoms with E-state index in [1.807, 2.05) is 30.3 Å². The van der Waals surface area contributed by atoms with Crippen LogP contribution < -0.4 is 15.3 Å². The molecular formula is C24H16ClN3O3. The number of carbonyl (C=O) groups excluding carboxylic acids is 3. The van der Waals surface area contributed by atoms with Gasteiger partial charge in [-0.05, 0) is 29.8 Å². The molecule has 0 atom stereocenters. The first-order valence-electron chi connectivity index (χ1n) is 9.65. The molecule has 0 spiro atoms. The molecule has 7 heteroatoms. The van der Waals surface area contributed by atoms with Crippen molar-refractivity contribution in [2.45, 2.75) is 6.54 Å². The summed E-state index contributed by atoms with van der Waals surface area (Å²) in [6.45, 7) is 0.227. The van der Waals surface area contributed by atoms with Crippen molar-refractivity contribution in [2.75, 3.05) is 9.91 Å². The lowest BCUT2D eigenvalue weighted by Crippen LogP contribution is -2.35. The van der Waals surface area contributed by atoms with Crippen LogP contribution in [0.1, 0.15) is 11.1 Å². The normalized spacial score (nSPS) is 17.9. The molecule has 0 bridgehead atoms. The summed E-state index contributed by atoms with van der Waals surface area (Å²) in [6, 6.07) is 23.2. The smallest absolute Gasteiger partial charge is 0.283 e. The molecule has 3 aromatic rings. The Balaban J connectivity index is 1.60. The van der Waals surface area contributed by atoms with E-state index in [4.69, 9.17) is 11.6 Å². The molecule has 2 heterocycles. The maximum Gasteiger partial charge on any atom is 0.283 e. The molecule has 2 aliphatic heterocycles. The average Bonchev–Trinajstić information content (AvgIpc) is 3.23. The summed E-state index contributed by atoms with van der Waals surface area (Å²) >= 11 is 6.30. The molecule has 0 aliphatic carbocycles. The summed E-state index contributed by atoms with van der Waals surface area (Å²) in [7, 11) is 0. The molecule has 1 fully saturated rings. The lowest BCUT2D eigenvalue weighted by atomic mass is 10.0. The Morgan fingerprint density at radius 3 is 2.19 bits per heavy atom. The van der Waals surface area contributed by atoms with Gasteiger partial charge >= 0.3 is 0 Å². The number of nitrogens with one attached hydrogen (secondary N) is 1. The molecule has 0 aromatic heterocycles. The van der Waals surface area contributed by atoms with Crippen LogP contribution in [0.25, 0.3) is 5.57 Å². The minimum absolute atomic E-state index is 0.101. The van der Waals surface area contributed by atoms with Gasteiger partial charge in [0.05, 0.1) is 23.5 Å². The first kappa shape index (κ1) is 19.1. The van der Waals surface area contributed by atoms with E-state index < -0.39 is 17.7 Å². The zero-order chi connectivity index (χ0) is 21.5. The number of carbonyl (C=O) groups is 3. The zero-order valence-corrected chi connectivity index (χ0v) is 17.0. The van der Waals surface area contributed by atoms with Crippen LogP contribution in [0, 0.1) is 0 Å². The van der Waals surface area contributed by atoms with E-state index in [2.05, 4.69) is 5.43 Å². The number of amides is 3. The van der Waals surface area contributed by atoms with Gasteiger partial charge in [-0.25, -0.2) is 5.01 Å². The molecular weight excluding hydrogens is 414 g/mol. The van der Waals surface area contributed by atoms with Crippen molar-refractivity contribution in [3.63, 3.8) is 0 Å². The minimum atomic E-state index is -0.605. The predicted molar refractivity (Wildman–Crippen MR) is 118 cm³/mol. The van der Waals surface area contributed by atoms with Gasteiger partial charge in [0.2, 0.25) is 0 Å². The molecule has 3 amide bonds. The first-order valence-corrected chi connectivity index (χ1v) is 10.0. The Morgan fingerprint density at radius 1 is 0.742 bits per heavy atom. The molecule has 6 nitrogen and oxygen atoms in total. The summed E-state index contributed by atoms with van der Waals surface area (Å²) in [6.07, 6.45) is 0. The number of fused-ring (bicyclic) bond motifs is 1. The third-order valence-corrected chi connectivity index (χ3v) is 5.70. The van der Waals surface area contributed by atoms with Crippen LogP contribution in [0.4, 0.5) is 11.4 Å². The highest BCUT2D eigenvalue weighted by Crippen LogP contribution is 2.41. The van der Waals surface area contributed by atoms with Gasteiger partial charge in [-0.3, -0.25) is 19.8 Å². The third-order valence-electron chi connectivity index (χ3n) is 5.33. The highest BCUT2D eigenvalue weighted by Gasteiger charge is 2.44. The number of benzene rings is 3.